The molecule has 0 aromatic heterocycles. The van der Waals surface area contributed by atoms with E-state index in [1.54, 1.807) is 0 Å². The molecule has 0 aliphatic rings. The molecule has 0 saturated heterocycles. The molecule has 14 heavy (non-hydrogen) atoms. The number of hydrogen-bond acceptors (Lipinski definition) is 5. The predicted octanol–water partition coefficient (Wildman–Crippen LogP) is -0.888. The number of rotatable bonds is 6. The second kappa shape index (κ2) is 8.06. The summed E-state index contributed by atoms with van der Waals surface area (Å²) >= 11 is 0. The molecule has 0 fully saturated rings. The molecule has 0 aliphatic carbocycles. The van der Waals surface area contributed by atoms with Gasteiger partial charge in [0.05, 0.1) is 6.61 Å². The fraction of sp³-hybridized carbons (Fsp3) is 0.500. The minimum Gasteiger partial charge on any atom is -0.497 e. The van der Waals surface area contributed by atoms with Crippen LogP contribution in [0.1, 0.15) is 6.92 Å². The van der Waals surface area contributed by atoms with E-state index in [2.05, 4.69) is 10.1 Å². The van der Waals surface area contributed by atoms with E-state index < -0.39 is 5.97 Å². The molecule has 3 N–H and O–H groups in total. The van der Waals surface area contributed by atoms with Gasteiger partial charge in [-0.15, -0.1) is 0 Å². The third-order valence-corrected chi connectivity index (χ3v) is 1.07. The van der Waals surface area contributed by atoms with Crippen molar-refractivity contribution in [3.05, 3.63) is 12.5 Å². The fourth-order valence-electron chi connectivity index (χ4n) is 0.517. The molecule has 0 aliphatic heterocycles. The van der Waals surface area contributed by atoms with Crippen molar-refractivity contribution in [2.75, 3.05) is 19.7 Å². The van der Waals surface area contributed by atoms with Crippen molar-refractivity contribution in [3.63, 3.8) is 0 Å². The molecular formula is C8H14N2O4. The average molecular weight is 202 g/mol. The van der Waals surface area contributed by atoms with E-state index in [-0.39, 0.29) is 12.5 Å². The number of nitrogens with two attached hydrogens (primary N) is 1. The summed E-state index contributed by atoms with van der Waals surface area (Å²) in [7, 11) is 0. The van der Waals surface area contributed by atoms with Gasteiger partial charge in [0.1, 0.15) is 19.1 Å². The van der Waals surface area contributed by atoms with E-state index in [1.807, 2.05) is 0 Å². The zero-order valence-electron chi connectivity index (χ0n) is 7.99. The molecule has 6 nitrogen and oxygen atoms in total. The number of nitrogens with one attached hydrogen (secondary N) is 1. The summed E-state index contributed by atoms with van der Waals surface area (Å²) in [6, 6.07) is 0. The summed E-state index contributed by atoms with van der Waals surface area (Å²) < 4.78 is 9.33. The Morgan fingerprint density at radius 1 is 1.43 bits per heavy atom. The molecule has 0 radical (unpaired) electrons. The highest BCUT2D eigenvalue weighted by atomic mass is 16.5. The van der Waals surface area contributed by atoms with Crippen LogP contribution in [0.4, 0.5) is 0 Å². The molecule has 0 atom stereocenters. The molecule has 0 aromatic carbocycles. The molecule has 0 heterocycles. The molecular weight excluding hydrogens is 188 g/mol. The van der Waals surface area contributed by atoms with Crippen LogP contribution >= 0.6 is 0 Å². The maximum absolute atomic E-state index is 10.8. The molecule has 0 spiro atoms. The van der Waals surface area contributed by atoms with Gasteiger partial charge in [-0.2, -0.15) is 0 Å². The fourth-order valence-corrected chi connectivity index (χ4v) is 0.517. The van der Waals surface area contributed by atoms with E-state index in [1.165, 1.54) is 13.2 Å². The standard InChI is InChI=1S/C8H14N2O4/c1-7(11)10-6-8(12)14-5-4-13-3-2-9/h4-5H,2-3,6,9H2,1H3,(H,10,11). The lowest BCUT2D eigenvalue weighted by atomic mass is 10.6. The quantitative estimate of drug-likeness (QED) is 0.331. The van der Waals surface area contributed by atoms with Crippen LogP contribution < -0.4 is 11.1 Å². The van der Waals surface area contributed by atoms with Gasteiger partial charge in [0.2, 0.25) is 5.91 Å². The first kappa shape index (κ1) is 12.4. The van der Waals surface area contributed by atoms with Gasteiger partial charge in [0.25, 0.3) is 0 Å². The van der Waals surface area contributed by atoms with E-state index >= 15 is 0 Å². The lowest BCUT2D eigenvalue weighted by molar-refractivity contribution is -0.138. The normalized spacial score (nSPS) is 9.86. The van der Waals surface area contributed by atoms with Gasteiger partial charge in [-0.1, -0.05) is 0 Å². The second-order valence-electron chi connectivity index (χ2n) is 2.33. The molecule has 1 amide bonds. The van der Waals surface area contributed by atoms with Crippen molar-refractivity contribution in [1.29, 1.82) is 0 Å². The zero-order chi connectivity index (χ0) is 10.8. The highest BCUT2D eigenvalue weighted by Gasteiger charge is 2.00. The maximum atomic E-state index is 10.8. The van der Waals surface area contributed by atoms with Crippen LogP contribution in [0.3, 0.4) is 0 Å². The minimum absolute atomic E-state index is 0.156. The Bertz CT molecular complexity index is 215. The van der Waals surface area contributed by atoms with Crippen LogP contribution in [0.5, 0.6) is 0 Å². The van der Waals surface area contributed by atoms with Crippen molar-refractivity contribution < 1.29 is 19.1 Å². The number of carbonyl (C=O) groups excluding carboxylic acids is 2. The van der Waals surface area contributed by atoms with Crippen molar-refractivity contribution in [1.82, 2.24) is 5.32 Å². The molecule has 0 bridgehead atoms. The lowest BCUT2D eigenvalue weighted by Gasteiger charge is -2.00. The van der Waals surface area contributed by atoms with Gasteiger partial charge in [-0.05, 0) is 0 Å². The maximum Gasteiger partial charge on any atom is 0.330 e. The second-order valence-corrected chi connectivity index (χ2v) is 2.33. The van der Waals surface area contributed by atoms with Crippen LogP contribution in [0.25, 0.3) is 0 Å². The molecule has 80 valence electrons. The Kier molecular flexibility index (Phi) is 7.16. The van der Waals surface area contributed by atoms with E-state index in [9.17, 15) is 9.59 Å². The molecule has 0 saturated carbocycles. The Morgan fingerprint density at radius 3 is 2.71 bits per heavy atom. The van der Waals surface area contributed by atoms with Crippen molar-refractivity contribution in [2.24, 2.45) is 5.73 Å². The molecule has 0 unspecified atom stereocenters. The van der Waals surface area contributed by atoms with Crippen LogP contribution in [-0.4, -0.2) is 31.6 Å². The first-order valence-corrected chi connectivity index (χ1v) is 4.07. The van der Waals surface area contributed by atoms with Crippen LogP contribution in [0.2, 0.25) is 0 Å². The van der Waals surface area contributed by atoms with Gasteiger partial charge in [-0.25, -0.2) is 4.79 Å². The third kappa shape index (κ3) is 8.54. The molecule has 0 rings (SSSR count). The summed E-state index contributed by atoms with van der Waals surface area (Å²) in [4.78, 5) is 21.2. The Labute approximate surface area is 82.0 Å². The monoisotopic (exact) mass is 202 g/mol. The summed E-state index contributed by atoms with van der Waals surface area (Å²) in [5.41, 5.74) is 5.14. The van der Waals surface area contributed by atoms with E-state index in [4.69, 9.17) is 10.5 Å². The summed E-state index contributed by atoms with van der Waals surface area (Å²) in [5, 5.41) is 2.29. The summed E-state index contributed by atoms with van der Waals surface area (Å²) in [5.74, 6) is -0.849. The highest BCUT2D eigenvalue weighted by molar-refractivity contribution is 5.80. The van der Waals surface area contributed by atoms with Crippen molar-refractivity contribution in [3.8, 4) is 0 Å². The lowest BCUT2D eigenvalue weighted by Crippen LogP contribution is -2.27. The number of ether oxygens (including phenoxy) is 2. The SMILES string of the molecule is CC(=O)NCC(=O)OC=COCCN. The highest BCUT2D eigenvalue weighted by Crippen LogP contribution is 1.81. The first-order valence-electron chi connectivity index (χ1n) is 4.07. The first-order chi connectivity index (χ1) is 6.66. The third-order valence-electron chi connectivity index (χ3n) is 1.07. The summed E-state index contributed by atoms with van der Waals surface area (Å²) in [6.45, 7) is 1.91. The largest absolute Gasteiger partial charge is 0.497 e. The van der Waals surface area contributed by atoms with Gasteiger partial charge in [-0.3, -0.25) is 4.79 Å². The van der Waals surface area contributed by atoms with Crippen LogP contribution in [0.15, 0.2) is 12.5 Å². The van der Waals surface area contributed by atoms with Gasteiger partial charge >= 0.3 is 5.97 Å². The smallest absolute Gasteiger partial charge is 0.330 e. The van der Waals surface area contributed by atoms with E-state index in [0.717, 1.165) is 6.26 Å². The molecule has 0 aromatic rings. The summed E-state index contributed by atoms with van der Waals surface area (Å²) in [6.07, 6.45) is 2.32. The average Bonchev–Trinajstić information content (AvgIpc) is 2.14. The molecule has 6 heteroatoms. The Hall–Kier alpha value is -1.56. The number of amides is 1. The topological polar surface area (TPSA) is 90.7 Å². The van der Waals surface area contributed by atoms with Crippen molar-refractivity contribution in [2.45, 2.75) is 6.92 Å². The van der Waals surface area contributed by atoms with Gasteiger partial charge in [0, 0.05) is 13.5 Å². The number of hydrogen-bond donors (Lipinski definition) is 2. The van der Waals surface area contributed by atoms with E-state index in [0.29, 0.717) is 13.2 Å². The predicted molar refractivity (Wildman–Crippen MR) is 48.9 cm³/mol. The minimum atomic E-state index is -0.562. The van der Waals surface area contributed by atoms with Crippen LogP contribution in [0, 0.1) is 0 Å². The number of carbonyl (C=O) groups is 2. The Morgan fingerprint density at radius 2 is 2.14 bits per heavy atom. The van der Waals surface area contributed by atoms with Gasteiger partial charge < -0.3 is 20.5 Å². The van der Waals surface area contributed by atoms with Crippen LogP contribution in [-0.2, 0) is 19.1 Å². The van der Waals surface area contributed by atoms with Gasteiger partial charge in [0.15, 0.2) is 0 Å². The Balaban J connectivity index is 3.43. The van der Waals surface area contributed by atoms with Crippen molar-refractivity contribution >= 4 is 11.9 Å². The zero-order valence-corrected chi connectivity index (χ0v) is 7.99. The number of esters is 1.